The Kier molecular flexibility index (Phi) is 7.79. The minimum atomic E-state index is -1.26. The number of carbonyl (C=O) groups is 2. The second kappa shape index (κ2) is 8.25. The van der Waals surface area contributed by atoms with Crippen molar-refractivity contribution in [2.24, 2.45) is 0 Å². The fraction of sp³-hybridized carbons (Fsp3) is 0.867. The molecule has 0 saturated heterocycles. The maximum atomic E-state index is 12.1. The third kappa shape index (κ3) is 5.90. The fourth-order valence-corrected chi connectivity index (χ4v) is 2.61. The maximum Gasteiger partial charge on any atom is 0.329 e. The van der Waals surface area contributed by atoms with Gasteiger partial charge in [0.05, 0.1) is 12.0 Å². The van der Waals surface area contributed by atoms with Gasteiger partial charge in [0, 0.05) is 0 Å². The van der Waals surface area contributed by atoms with Crippen LogP contribution < -0.4 is 5.32 Å². The molecule has 0 aromatic carbocycles. The molecule has 5 nitrogen and oxygen atoms in total. The summed E-state index contributed by atoms with van der Waals surface area (Å²) in [6, 6.07) is 0. The smallest absolute Gasteiger partial charge is 0.329 e. The standard InChI is InChI=1S/C15H29NO4/c1-5-8-14(4,13(18)19)16-12(17)11-15(20,9-6-2)10-7-3/h20H,5-11H2,1-4H3,(H,16,17)(H,18,19). The van der Waals surface area contributed by atoms with Crippen LogP contribution in [0.5, 0.6) is 0 Å². The monoisotopic (exact) mass is 287 g/mol. The van der Waals surface area contributed by atoms with Crippen LogP contribution in [0.2, 0.25) is 0 Å². The van der Waals surface area contributed by atoms with E-state index < -0.39 is 23.0 Å². The number of aliphatic hydroxyl groups is 1. The van der Waals surface area contributed by atoms with E-state index in [2.05, 4.69) is 5.32 Å². The second-order valence-electron chi connectivity index (χ2n) is 5.84. The summed E-state index contributed by atoms with van der Waals surface area (Å²) >= 11 is 0. The number of carboxylic acids is 1. The Bertz CT molecular complexity index is 324. The highest BCUT2D eigenvalue weighted by Gasteiger charge is 2.36. The Labute approximate surface area is 121 Å². The number of nitrogens with one attached hydrogen (secondary N) is 1. The van der Waals surface area contributed by atoms with Gasteiger partial charge < -0.3 is 15.5 Å². The molecule has 118 valence electrons. The van der Waals surface area contributed by atoms with Crippen LogP contribution >= 0.6 is 0 Å². The highest BCUT2D eigenvalue weighted by molar-refractivity contribution is 5.87. The summed E-state index contributed by atoms with van der Waals surface area (Å²) in [7, 11) is 0. The first-order valence-electron chi connectivity index (χ1n) is 7.49. The molecule has 1 atom stereocenters. The van der Waals surface area contributed by atoms with Gasteiger partial charge in [0.1, 0.15) is 5.54 Å². The van der Waals surface area contributed by atoms with Crippen molar-refractivity contribution < 1.29 is 19.8 Å². The topological polar surface area (TPSA) is 86.6 Å². The molecule has 20 heavy (non-hydrogen) atoms. The second-order valence-corrected chi connectivity index (χ2v) is 5.84. The van der Waals surface area contributed by atoms with Gasteiger partial charge in [0.25, 0.3) is 0 Å². The lowest BCUT2D eigenvalue weighted by Gasteiger charge is -2.30. The zero-order valence-electron chi connectivity index (χ0n) is 13.2. The molecule has 1 unspecified atom stereocenters. The van der Waals surface area contributed by atoms with Crippen LogP contribution in [0.15, 0.2) is 0 Å². The first kappa shape index (κ1) is 18.9. The van der Waals surface area contributed by atoms with Gasteiger partial charge >= 0.3 is 5.97 Å². The van der Waals surface area contributed by atoms with Crippen LogP contribution in [0.4, 0.5) is 0 Å². The third-order valence-corrected chi connectivity index (χ3v) is 3.56. The normalized spacial score (nSPS) is 14.7. The summed E-state index contributed by atoms with van der Waals surface area (Å²) in [5, 5.41) is 22.2. The zero-order chi connectivity index (χ0) is 15.8. The average molecular weight is 287 g/mol. The number of carbonyl (C=O) groups excluding carboxylic acids is 1. The molecule has 0 spiro atoms. The van der Waals surface area contributed by atoms with Crippen molar-refractivity contribution in [3.8, 4) is 0 Å². The van der Waals surface area contributed by atoms with E-state index in [1.807, 2.05) is 20.8 Å². The van der Waals surface area contributed by atoms with Gasteiger partial charge in [-0.3, -0.25) is 4.79 Å². The van der Waals surface area contributed by atoms with Crippen molar-refractivity contribution >= 4 is 11.9 Å². The summed E-state index contributed by atoms with van der Waals surface area (Å²) in [5.74, 6) is -1.44. The van der Waals surface area contributed by atoms with E-state index in [1.165, 1.54) is 6.92 Å². The predicted octanol–water partition coefficient (Wildman–Crippen LogP) is 2.47. The van der Waals surface area contributed by atoms with E-state index in [-0.39, 0.29) is 6.42 Å². The molecular weight excluding hydrogens is 258 g/mol. The molecule has 0 aliphatic heterocycles. The molecule has 0 aliphatic rings. The van der Waals surface area contributed by atoms with Crippen LogP contribution in [0, 0.1) is 0 Å². The lowest BCUT2D eigenvalue weighted by Crippen LogP contribution is -2.53. The van der Waals surface area contributed by atoms with E-state index in [4.69, 9.17) is 0 Å². The van der Waals surface area contributed by atoms with Crippen molar-refractivity contribution in [1.82, 2.24) is 5.32 Å². The van der Waals surface area contributed by atoms with Crippen LogP contribution in [-0.2, 0) is 9.59 Å². The quantitative estimate of drug-likeness (QED) is 0.576. The molecule has 0 bridgehead atoms. The molecule has 0 fully saturated rings. The lowest BCUT2D eigenvalue weighted by atomic mass is 9.88. The Morgan fingerprint density at radius 3 is 1.80 bits per heavy atom. The maximum absolute atomic E-state index is 12.1. The molecule has 0 aliphatic carbocycles. The number of hydrogen-bond acceptors (Lipinski definition) is 3. The van der Waals surface area contributed by atoms with Gasteiger partial charge in [-0.25, -0.2) is 4.79 Å². The van der Waals surface area contributed by atoms with E-state index in [0.29, 0.717) is 25.7 Å². The van der Waals surface area contributed by atoms with Gasteiger partial charge in [-0.15, -0.1) is 0 Å². The van der Waals surface area contributed by atoms with E-state index in [9.17, 15) is 19.8 Å². The van der Waals surface area contributed by atoms with E-state index >= 15 is 0 Å². The predicted molar refractivity (Wildman–Crippen MR) is 78.5 cm³/mol. The average Bonchev–Trinajstić information content (AvgIpc) is 2.28. The Balaban J connectivity index is 4.77. The Hall–Kier alpha value is -1.10. The number of aliphatic carboxylic acids is 1. The first-order chi connectivity index (χ1) is 9.23. The van der Waals surface area contributed by atoms with Gasteiger partial charge in [-0.1, -0.05) is 40.0 Å². The minimum absolute atomic E-state index is 0.0404. The van der Waals surface area contributed by atoms with Crippen LogP contribution in [0.3, 0.4) is 0 Å². The summed E-state index contributed by atoms with van der Waals surface area (Å²) in [6.07, 6.45) is 3.66. The van der Waals surface area contributed by atoms with Crippen molar-refractivity contribution in [3.05, 3.63) is 0 Å². The van der Waals surface area contributed by atoms with Crippen LogP contribution in [0.1, 0.15) is 72.6 Å². The molecule has 0 heterocycles. The highest BCUT2D eigenvalue weighted by Crippen LogP contribution is 2.24. The minimum Gasteiger partial charge on any atom is -0.480 e. The molecule has 0 aromatic rings. The summed E-state index contributed by atoms with van der Waals surface area (Å²) in [4.78, 5) is 23.4. The molecular formula is C15H29NO4. The molecule has 3 N–H and O–H groups in total. The van der Waals surface area contributed by atoms with E-state index in [1.54, 1.807) is 0 Å². The highest BCUT2D eigenvalue weighted by atomic mass is 16.4. The molecule has 0 aromatic heterocycles. The third-order valence-electron chi connectivity index (χ3n) is 3.56. The van der Waals surface area contributed by atoms with Gasteiger partial charge in [0.15, 0.2) is 0 Å². The number of rotatable bonds is 10. The van der Waals surface area contributed by atoms with Gasteiger partial charge in [-0.05, 0) is 26.2 Å². The largest absolute Gasteiger partial charge is 0.480 e. The number of hydrogen-bond donors (Lipinski definition) is 3. The first-order valence-corrected chi connectivity index (χ1v) is 7.49. The molecule has 0 saturated carbocycles. The summed E-state index contributed by atoms with van der Waals surface area (Å²) in [6.45, 7) is 7.29. The van der Waals surface area contributed by atoms with Crippen molar-refractivity contribution in [1.29, 1.82) is 0 Å². The lowest BCUT2D eigenvalue weighted by molar-refractivity contribution is -0.148. The van der Waals surface area contributed by atoms with Crippen molar-refractivity contribution in [3.63, 3.8) is 0 Å². The molecule has 0 rings (SSSR count). The SMILES string of the molecule is CCCC(O)(CCC)CC(=O)NC(C)(CCC)C(=O)O. The zero-order valence-corrected chi connectivity index (χ0v) is 13.2. The van der Waals surface area contributed by atoms with E-state index in [0.717, 1.165) is 12.8 Å². The summed E-state index contributed by atoms with van der Waals surface area (Å²) < 4.78 is 0. The fourth-order valence-electron chi connectivity index (χ4n) is 2.61. The number of carboxylic acid groups (broad SMARTS) is 1. The summed E-state index contributed by atoms with van der Waals surface area (Å²) in [5.41, 5.74) is -2.29. The van der Waals surface area contributed by atoms with Crippen LogP contribution in [0.25, 0.3) is 0 Å². The molecule has 1 amide bonds. The Morgan fingerprint density at radius 2 is 1.45 bits per heavy atom. The number of amides is 1. The van der Waals surface area contributed by atoms with Crippen LogP contribution in [-0.4, -0.2) is 33.2 Å². The molecule has 0 radical (unpaired) electrons. The van der Waals surface area contributed by atoms with Crippen molar-refractivity contribution in [2.75, 3.05) is 0 Å². The Morgan fingerprint density at radius 1 is 1.00 bits per heavy atom. The van der Waals surface area contributed by atoms with Gasteiger partial charge in [-0.2, -0.15) is 0 Å². The molecule has 5 heteroatoms. The van der Waals surface area contributed by atoms with Gasteiger partial charge in [0.2, 0.25) is 5.91 Å². The van der Waals surface area contributed by atoms with Crippen molar-refractivity contribution in [2.45, 2.75) is 83.8 Å².